The number of piperidine rings is 1. The first-order chi connectivity index (χ1) is 14.5. The van der Waals surface area contributed by atoms with Crippen LogP contribution in [0.1, 0.15) is 96.8 Å². The van der Waals surface area contributed by atoms with Crippen molar-refractivity contribution >= 4 is 11.9 Å². The van der Waals surface area contributed by atoms with Gasteiger partial charge < -0.3 is 15.1 Å². The monoisotopic (exact) mass is 421 g/mol. The molecule has 0 aromatic heterocycles. The van der Waals surface area contributed by atoms with E-state index in [2.05, 4.69) is 11.8 Å². The third kappa shape index (κ3) is 8.79. The maximum absolute atomic E-state index is 9.55. The maximum atomic E-state index is 9.55. The lowest BCUT2D eigenvalue weighted by atomic mass is 9.67. The van der Waals surface area contributed by atoms with Crippen LogP contribution in [0, 0.1) is 17.8 Å². The molecule has 0 spiro atoms. The summed E-state index contributed by atoms with van der Waals surface area (Å²) in [7, 11) is 0. The van der Waals surface area contributed by atoms with Crippen molar-refractivity contribution in [2.45, 2.75) is 103 Å². The Morgan fingerprint density at radius 2 is 1.27 bits per heavy atom. The fourth-order valence-electron chi connectivity index (χ4n) is 6.09. The van der Waals surface area contributed by atoms with Gasteiger partial charge in [-0.05, 0) is 50.1 Å². The Morgan fingerprint density at radius 1 is 0.800 bits per heavy atom. The lowest BCUT2D eigenvalue weighted by Gasteiger charge is -2.43. The molecule has 5 heteroatoms. The fraction of sp³-hybridized carbons (Fsp3) is 0.840. The van der Waals surface area contributed by atoms with Crippen LogP contribution in [-0.2, 0) is 9.59 Å². The molecule has 2 saturated carbocycles. The van der Waals surface area contributed by atoms with E-state index in [1.807, 2.05) is 0 Å². The van der Waals surface area contributed by atoms with Crippen LogP contribution in [0.2, 0.25) is 0 Å². The van der Waals surface area contributed by atoms with Crippen molar-refractivity contribution in [2.75, 3.05) is 13.1 Å². The van der Waals surface area contributed by atoms with Crippen LogP contribution in [0.15, 0.2) is 12.2 Å². The van der Waals surface area contributed by atoms with E-state index in [0.717, 1.165) is 23.8 Å². The number of hydrogen-bond donors (Lipinski definition) is 2. The van der Waals surface area contributed by atoms with Gasteiger partial charge in [0.25, 0.3) is 0 Å². The molecule has 172 valence electrons. The summed E-state index contributed by atoms with van der Waals surface area (Å²) in [6.45, 7) is 5.05. The van der Waals surface area contributed by atoms with Gasteiger partial charge in [0.2, 0.25) is 0 Å². The van der Waals surface area contributed by atoms with Crippen LogP contribution in [0.5, 0.6) is 0 Å². The summed E-state index contributed by atoms with van der Waals surface area (Å²) in [5.41, 5.74) is 0. The zero-order valence-corrected chi connectivity index (χ0v) is 18.9. The van der Waals surface area contributed by atoms with Gasteiger partial charge in [0.1, 0.15) is 0 Å². The van der Waals surface area contributed by atoms with Gasteiger partial charge in [-0.2, -0.15) is 0 Å². The van der Waals surface area contributed by atoms with Crippen molar-refractivity contribution < 1.29 is 19.8 Å². The molecule has 0 radical (unpaired) electrons. The summed E-state index contributed by atoms with van der Waals surface area (Å²) in [5.74, 6) is 0.715. The molecule has 3 rings (SSSR count). The third-order valence-electron chi connectivity index (χ3n) is 7.58. The van der Waals surface area contributed by atoms with Crippen molar-refractivity contribution in [1.29, 1.82) is 0 Å². The Hall–Kier alpha value is -1.36. The van der Waals surface area contributed by atoms with Crippen molar-refractivity contribution in [3.63, 3.8) is 0 Å². The summed E-state index contributed by atoms with van der Waals surface area (Å²) in [5, 5.41) is 15.6. The lowest BCUT2D eigenvalue weighted by Crippen LogP contribution is -2.42. The zero-order chi connectivity index (χ0) is 21.8. The van der Waals surface area contributed by atoms with E-state index in [0.29, 0.717) is 12.2 Å². The largest absolute Gasteiger partial charge is 0.478 e. The summed E-state index contributed by atoms with van der Waals surface area (Å²) in [4.78, 5) is 21.9. The average molecular weight is 422 g/mol. The Labute approximate surface area is 182 Å². The fourth-order valence-corrected chi connectivity index (χ4v) is 6.09. The van der Waals surface area contributed by atoms with E-state index in [1.54, 1.807) is 32.1 Å². The van der Waals surface area contributed by atoms with Gasteiger partial charge in [-0.1, -0.05) is 77.6 Å². The first-order valence-corrected chi connectivity index (χ1v) is 12.4. The van der Waals surface area contributed by atoms with E-state index in [4.69, 9.17) is 10.2 Å². The zero-order valence-electron chi connectivity index (χ0n) is 18.9. The van der Waals surface area contributed by atoms with E-state index in [1.165, 1.54) is 70.9 Å². The number of carboxylic acid groups (broad SMARTS) is 2. The highest BCUT2D eigenvalue weighted by Crippen LogP contribution is 2.43. The summed E-state index contributed by atoms with van der Waals surface area (Å²) in [6.07, 6.45) is 22.4. The Morgan fingerprint density at radius 3 is 1.70 bits per heavy atom. The quantitative estimate of drug-likeness (QED) is 0.513. The molecule has 1 heterocycles. The van der Waals surface area contributed by atoms with Gasteiger partial charge in [0.15, 0.2) is 0 Å². The molecular weight excluding hydrogens is 378 g/mol. The van der Waals surface area contributed by atoms with E-state index in [-0.39, 0.29) is 0 Å². The molecule has 0 bridgehead atoms. The van der Waals surface area contributed by atoms with Crippen LogP contribution in [-0.4, -0.2) is 46.2 Å². The molecule has 1 unspecified atom stereocenters. The molecule has 1 saturated heterocycles. The van der Waals surface area contributed by atoms with Gasteiger partial charge in [-0.25, -0.2) is 9.59 Å². The standard InChI is InChI=1S/C21H39N.C4H4O4/c1-2-22-16-10-9-15-20(22)17-21(18-11-5-3-6-12-18)19-13-7-4-8-14-19;5-3(6)1-2-4(7)8/h18-21H,2-17H2,1H3;1-2H,(H,5,6)(H,7,8)/b;2-1-. The molecule has 2 aliphatic carbocycles. The minimum Gasteiger partial charge on any atom is -0.478 e. The van der Waals surface area contributed by atoms with Crippen molar-refractivity contribution in [1.82, 2.24) is 4.90 Å². The molecule has 3 aliphatic rings. The topological polar surface area (TPSA) is 77.8 Å². The number of rotatable bonds is 7. The van der Waals surface area contributed by atoms with Gasteiger partial charge in [0, 0.05) is 18.2 Å². The van der Waals surface area contributed by atoms with Crippen LogP contribution >= 0.6 is 0 Å². The highest BCUT2D eigenvalue weighted by molar-refractivity contribution is 5.89. The third-order valence-corrected chi connectivity index (χ3v) is 7.58. The summed E-state index contributed by atoms with van der Waals surface area (Å²) < 4.78 is 0. The molecule has 0 aromatic rings. The normalized spacial score (nSPS) is 24.5. The molecule has 1 atom stereocenters. The van der Waals surface area contributed by atoms with E-state index < -0.39 is 11.9 Å². The smallest absolute Gasteiger partial charge is 0.328 e. The van der Waals surface area contributed by atoms with Crippen molar-refractivity contribution in [3.05, 3.63) is 12.2 Å². The van der Waals surface area contributed by atoms with Crippen LogP contribution in [0.25, 0.3) is 0 Å². The molecule has 0 aromatic carbocycles. The second kappa shape index (κ2) is 13.8. The number of nitrogens with zero attached hydrogens (tertiary/aromatic N) is 1. The Kier molecular flexibility index (Phi) is 11.5. The maximum Gasteiger partial charge on any atom is 0.328 e. The number of likely N-dealkylation sites (tertiary alicyclic amines) is 1. The predicted molar refractivity (Wildman–Crippen MR) is 121 cm³/mol. The molecule has 0 amide bonds. The number of hydrogen-bond acceptors (Lipinski definition) is 3. The number of aliphatic carboxylic acids is 2. The molecule has 3 fully saturated rings. The van der Waals surface area contributed by atoms with E-state index in [9.17, 15) is 9.59 Å². The van der Waals surface area contributed by atoms with Crippen molar-refractivity contribution in [2.24, 2.45) is 17.8 Å². The molecule has 30 heavy (non-hydrogen) atoms. The summed E-state index contributed by atoms with van der Waals surface area (Å²) >= 11 is 0. The van der Waals surface area contributed by atoms with Gasteiger partial charge in [0.05, 0.1) is 0 Å². The number of carbonyl (C=O) groups is 2. The lowest BCUT2D eigenvalue weighted by molar-refractivity contribution is -0.134. The second-order valence-corrected chi connectivity index (χ2v) is 9.48. The van der Waals surface area contributed by atoms with Crippen molar-refractivity contribution in [3.8, 4) is 0 Å². The van der Waals surface area contributed by atoms with Gasteiger partial charge in [-0.3, -0.25) is 0 Å². The molecule has 2 N–H and O–H groups in total. The predicted octanol–water partition coefficient (Wildman–Crippen LogP) is 5.74. The average Bonchev–Trinajstić information content (AvgIpc) is 2.78. The highest BCUT2D eigenvalue weighted by Gasteiger charge is 2.34. The first kappa shape index (κ1) is 24.9. The van der Waals surface area contributed by atoms with Crippen LogP contribution in [0.4, 0.5) is 0 Å². The highest BCUT2D eigenvalue weighted by atomic mass is 16.4. The number of carboxylic acids is 2. The molecule has 1 aliphatic heterocycles. The minimum atomic E-state index is -1.26. The SMILES string of the molecule is CCN1CCCCC1CC(C1CCCCC1)C1CCCCC1.O=C(O)/C=C\C(=O)O. The minimum absolute atomic E-state index is 0.558. The van der Waals surface area contributed by atoms with Gasteiger partial charge in [-0.15, -0.1) is 0 Å². The van der Waals surface area contributed by atoms with E-state index >= 15 is 0 Å². The first-order valence-electron chi connectivity index (χ1n) is 12.4. The Balaban J connectivity index is 0.000000343. The molecular formula is C25H43NO4. The van der Waals surface area contributed by atoms with Crippen LogP contribution < -0.4 is 0 Å². The van der Waals surface area contributed by atoms with Crippen LogP contribution in [0.3, 0.4) is 0 Å². The molecule has 5 nitrogen and oxygen atoms in total. The van der Waals surface area contributed by atoms with Gasteiger partial charge >= 0.3 is 11.9 Å². The Bertz CT molecular complexity index is 498. The summed E-state index contributed by atoms with van der Waals surface area (Å²) in [6, 6.07) is 0.924. The second-order valence-electron chi connectivity index (χ2n) is 9.48.